The summed E-state index contributed by atoms with van der Waals surface area (Å²) in [4.78, 5) is 14.1. The van der Waals surface area contributed by atoms with Gasteiger partial charge < -0.3 is 0 Å². The van der Waals surface area contributed by atoms with Gasteiger partial charge in [-0.25, -0.2) is 0 Å². The lowest BCUT2D eigenvalue weighted by atomic mass is 10.1. The molecule has 2 aromatic rings. The molecule has 0 saturated carbocycles. The number of aryl methyl sites for hydroxylation is 1. The fourth-order valence-electron chi connectivity index (χ4n) is 2.14. The van der Waals surface area contributed by atoms with Crippen LogP contribution in [0.3, 0.4) is 0 Å². The van der Waals surface area contributed by atoms with Crippen LogP contribution in [0.25, 0.3) is 0 Å². The Labute approximate surface area is 114 Å². The van der Waals surface area contributed by atoms with Crippen LogP contribution in [0, 0.1) is 6.92 Å². The third kappa shape index (κ3) is 4.04. The molecule has 0 atom stereocenters. The van der Waals surface area contributed by atoms with Crippen molar-refractivity contribution in [3.8, 4) is 0 Å². The molecule has 2 rings (SSSR count). The van der Waals surface area contributed by atoms with E-state index in [1.165, 1.54) is 11.1 Å². The Morgan fingerprint density at radius 1 is 1.05 bits per heavy atom. The lowest BCUT2D eigenvalue weighted by molar-refractivity contribution is 0.0943. The van der Waals surface area contributed by atoms with Gasteiger partial charge in [-0.2, -0.15) is 0 Å². The highest BCUT2D eigenvalue weighted by Crippen LogP contribution is 2.08. The van der Waals surface area contributed by atoms with Crippen molar-refractivity contribution >= 4 is 5.78 Å². The second-order valence-electron chi connectivity index (χ2n) is 4.95. The summed E-state index contributed by atoms with van der Waals surface area (Å²) in [6.45, 7) is 3.32. The Balaban J connectivity index is 1.95. The Morgan fingerprint density at radius 3 is 2.47 bits per heavy atom. The van der Waals surface area contributed by atoms with Gasteiger partial charge in [0, 0.05) is 12.1 Å². The van der Waals surface area contributed by atoms with Crippen LogP contribution in [-0.2, 0) is 6.54 Å². The molecule has 0 fully saturated rings. The number of nitrogens with zero attached hydrogens (tertiary/aromatic N) is 1. The summed E-state index contributed by atoms with van der Waals surface area (Å²) >= 11 is 0. The summed E-state index contributed by atoms with van der Waals surface area (Å²) in [5.41, 5.74) is 3.27. The maximum absolute atomic E-state index is 12.1. The molecule has 0 aliphatic heterocycles. The van der Waals surface area contributed by atoms with Crippen LogP contribution < -0.4 is 0 Å². The number of likely N-dealkylation sites (N-methyl/N-ethyl adjacent to an activating group) is 1. The molecule has 0 unspecified atom stereocenters. The van der Waals surface area contributed by atoms with Crippen LogP contribution in [0.2, 0.25) is 0 Å². The summed E-state index contributed by atoms with van der Waals surface area (Å²) in [5, 5.41) is 0. The fraction of sp³-hybridized carbons (Fsp3) is 0.235. The summed E-state index contributed by atoms with van der Waals surface area (Å²) in [6.07, 6.45) is 0. The number of hydrogen-bond acceptors (Lipinski definition) is 2. The van der Waals surface area contributed by atoms with Gasteiger partial charge in [0.05, 0.1) is 6.54 Å². The zero-order valence-electron chi connectivity index (χ0n) is 11.5. The first-order valence-electron chi connectivity index (χ1n) is 6.47. The van der Waals surface area contributed by atoms with E-state index in [1.807, 2.05) is 42.3 Å². The van der Waals surface area contributed by atoms with Gasteiger partial charge in [-0.15, -0.1) is 0 Å². The van der Waals surface area contributed by atoms with Gasteiger partial charge in [0.1, 0.15) is 0 Å². The lowest BCUT2D eigenvalue weighted by Crippen LogP contribution is -2.25. The summed E-state index contributed by atoms with van der Waals surface area (Å²) < 4.78 is 0. The third-order valence-corrected chi connectivity index (χ3v) is 3.04. The molecule has 0 heterocycles. The van der Waals surface area contributed by atoms with Crippen molar-refractivity contribution in [2.24, 2.45) is 0 Å². The monoisotopic (exact) mass is 253 g/mol. The molecular weight excluding hydrogens is 234 g/mol. The van der Waals surface area contributed by atoms with E-state index in [0.717, 1.165) is 12.1 Å². The van der Waals surface area contributed by atoms with Gasteiger partial charge in [0.25, 0.3) is 0 Å². The van der Waals surface area contributed by atoms with Crippen LogP contribution >= 0.6 is 0 Å². The molecule has 0 N–H and O–H groups in total. The minimum Gasteiger partial charge on any atom is -0.295 e. The third-order valence-electron chi connectivity index (χ3n) is 3.04. The standard InChI is InChI=1S/C17H19NO/c1-14-7-6-8-15(11-14)12-18(2)13-17(19)16-9-4-3-5-10-16/h3-11H,12-13H2,1-2H3. The minimum atomic E-state index is 0.163. The second-order valence-corrected chi connectivity index (χ2v) is 4.95. The van der Waals surface area contributed by atoms with Crippen LogP contribution in [-0.4, -0.2) is 24.3 Å². The van der Waals surface area contributed by atoms with E-state index in [0.29, 0.717) is 6.54 Å². The number of Topliss-reactive ketones (excluding diaryl/α,β-unsaturated/α-hetero) is 1. The first-order valence-corrected chi connectivity index (χ1v) is 6.47. The first-order chi connectivity index (χ1) is 9.15. The summed E-state index contributed by atoms with van der Waals surface area (Å²) in [5.74, 6) is 0.163. The van der Waals surface area contributed by atoms with Crippen molar-refractivity contribution in [1.29, 1.82) is 0 Å². The van der Waals surface area contributed by atoms with Gasteiger partial charge in [-0.1, -0.05) is 60.2 Å². The van der Waals surface area contributed by atoms with Crippen molar-refractivity contribution in [3.63, 3.8) is 0 Å². The molecule has 0 aromatic heterocycles. The average Bonchev–Trinajstić information content (AvgIpc) is 2.39. The summed E-state index contributed by atoms with van der Waals surface area (Å²) in [7, 11) is 1.98. The Kier molecular flexibility index (Phi) is 4.48. The van der Waals surface area contributed by atoms with Crippen molar-refractivity contribution in [1.82, 2.24) is 4.90 Å². The summed E-state index contributed by atoms with van der Waals surface area (Å²) in [6, 6.07) is 17.8. The molecule has 19 heavy (non-hydrogen) atoms. The van der Waals surface area contributed by atoms with Gasteiger partial charge in [0.2, 0.25) is 0 Å². The molecule has 0 saturated heterocycles. The predicted octanol–water partition coefficient (Wildman–Crippen LogP) is 3.31. The number of carbonyl (C=O) groups is 1. The molecular formula is C17H19NO. The Hall–Kier alpha value is -1.93. The lowest BCUT2D eigenvalue weighted by Gasteiger charge is -2.16. The van der Waals surface area contributed by atoms with Gasteiger partial charge in [-0.05, 0) is 19.5 Å². The van der Waals surface area contributed by atoms with E-state index in [9.17, 15) is 4.79 Å². The van der Waals surface area contributed by atoms with E-state index in [-0.39, 0.29) is 5.78 Å². The van der Waals surface area contributed by atoms with Crippen LogP contribution in [0.4, 0.5) is 0 Å². The average molecular weight is 253 g/mol. The zero-order chi connectivity index (χ0) is 13.7. The van der Waals surface area contributed by atoms with Crippen LogP contribution in [0.1, 0.15) is 21.5 Å². The number of carbonyl (C=O) groups excluding carboxylic acids is 1. The number of ketones is 1. The highest BCUT2D eigenvalue weighted by Gasteiger charge is 2.09. The molecule has 2 heteroatoms. The molecule has 2 nitrogen and oxygen atoms in total. The molecule has 2 aromatic carbocycles. The topological polar surface area (TPSA) is 20.3 Å². The molecule has 0 aliphatic rings. The van der Waals surface area contributed by atoms with E-state index in [4.69, 9.17) is 0 Å². The Morgan fingerprint density at radius 2 is 1.79 bits per heavy atom. The zero-order valence-corrected chi connectivity index (χ0v) is 11.5. The predicted molar refractivity (Wildman–Crippen MR) is 78.3 cm³/mol. The highest BCUT2D eigenvalue weighted by atomic mass is 16.1. The maximum Gasteiger partial charge on any atom is 0.176 e. The van der Waals surface area contributed by atoms with E-state index in [2.05, 4.69) is 31.2 Å². The quantitative estimate of drug-likeness (QED) is 0.762. The maximum atomic E-state index is 12.1. The van der Waals surface area contributed by atoms with Crippen molar-refractivity contribution in [2.75, 3.05) is 13.6 Å². The molecule has 98 valence electrons. The first kappa shape index (κ1) is 13.5. The largest absolute Gasteiger partial charge is 0.295 e. The van der Waals surface area contributed by atoms with Crippen LogP contribution in [0.15, 0.2) is 54.6 Å². The molecule has 0 radical (unpaired) electrons. The van der Waals surface area contributed by atoms with Gasteiger partial charge >= 0.3 is 0 Å². The number of benzene rings is 2. The number of rotatable bonds is 5. The van der Waals surface area contributed by atoms with Crippen molar-refractivity contribution in [2.45, 2.75) is 13.5 Å². The van der Waals surface area contributed by atoms with Crippen molar-refractivity contribution < 1.29 is 4.79 Å². The van der Waals surface area contributed by atoms with Gasteiger partial charge in [0.15, 0.2) is 5.78 Å². The van der Waals surface area contributed by atoms with Crippen molar-refractivity contribution in [3.05, 3.63) is 71.3 Å². The van der Waals surface area contributed by atoms with Gasteiger partial charge in [-0.3, -0.25) is 9.69 Å². The van der Waals surface area contributed by atoms with E-state index in [1.54, 1.807) is 0 Å². The number of hydrogen-bond donors (Lipinski definition) is 0. The van der Waals surface area contributed by atoms with E-state index < -0.39 is 0 Å². The second kappa shape index (κ2) is 6.30. The molecule has 0 bridgehead atoms. The normalized spacial score (nSPS) is 10.7. The highest BCUT2D eigenvalue weighted by molar-refractivity contribution is 5.97. The molecule has 0 aliphatic carbocycles. The molecule has 0 amide bonds. The molecule has 0 spiro atoms. The fourth-order valence-corrected chi connectivity index (χ4v) is 2.14. The Bertz CT molecular complexity index is 548. The van der Waals surface area contributed by atoms with E-state index >= 15 is 0 Å². The SMILES string of the molecule is Cc1cccc(CN(C)CC(=O)c2ccccc2)c1. The minimum absolute atomic E-state index is 0.163. The van der Waals surface area contributed by atoms with Crippen LogP contribution in [0.5, 0.6) is 0 Å². The smallest absolute Gasteiger partial charge is 0.176 e.